The molecule has 1 fully saturated rings. The Kier molecular flexibility index (Phi) is 4.46. The van der Waals surface area contributed by atoms with Crippen LogP contribution in [0.25, 0.3) is 0 Å². The average molecular weight is 227 g/mol. The zero-order valence-corrected chi connectivity index (χ0v) is 10.4. The van der Waals surface area contributed by atoms with Gasteiger partial charge in [0.05, 0.1) is 0 Å². The summed E-state index contributed by atoms with van der Waals surface area (Å²) in [5.74, 6) is 0.902. The van der Waals surface area contributed by atoms with E-state index in [4.69, 9.17) is 11.6 Å². The molecule has 1 N–H and O–H groups in total. The first-order valence-corrected chi connectivity index (χ1v) is 6.05. The second-order valence-corrected chi connectivity index (χ2v) is 4.19. The molecule has 0 aliphatic heterocycles. The van der Waals surface area contributed by atoms with Crippen LogP contribution in [0.3, 0.4) is 0 Å². The van der Waals surface area contributed by atoms with Gasteiger partial charge < -0.3 is 5.11 Å². The highest BCUT2D eigenvalue weighted by Crippen LogP contribution is 2.42. The molecule has 1 saturated carbocycles. The maximum Gasteiger partial charge on any atom is 0.117 e. The van der Waals surface area contributed by atoms with Crippen LogP contribution in [-0.2, 0) is 0 Å². The molecule has 0 aromatic heterocycles. The van der Waals surface area contributed by atoms with Crippen LogP contribution in [0, 0.1) is 6.92 Å². The molecule has 2 rings (SSSR count). The lowest BCUT2D eigenvalue weighted by Crippen LogP contribution is -2.10. The number of halogens is 1. The summed E-state index contributed by atoms with van der Waals surface area (Å²) in [6.07, 6.45) is 3.79. The van der Waals surface area contributed by atoms with Crippen LogP contribution in [0.5, 0.6) is 5.75 Å². The fraction of sp³-hybridized carbons (Fsp3) is 0.538. The molecule has 1 aromatic carbocycles. The van der Waals surface area contributed by atoms with E-state index >= 15 is 0 Å². The number of phenolic OH excluding ortho intramolecular Hbond substituents is 1. The fourth-order valence-corrected chi connectivity index (χ4v) is 2.37. The van der Waals surface area contributed by atoms with Gasteiger partial charge in [-0.3, -0.25) is 0 Å². The Hall–Kier alpha value is -0.690. The molecule has 0 spiro atoms. The normalized spacial score (nSPS) is 15.2. The van der Waals surface area contributed by atoms with Crippen LogP contribution in [0.1, 0.15) is 50.2 Å². The molecule has 0 saturated heterocycles. The summed E-state index contributed by atoms with van der Waals surface area (Å²) < 4.78 is 0. The number of aryl methyl sites for hydroxylation is 1. The van der Waals surface area contributed by atoms with E-state index in [1.54, 1.807) is 12.1 Å². The largest absolute Gasteiger partial charge is 0.508 e. The van der Waals surface area contributed by atoms with Gasteiger partial charge in [0.25, 0.3) is 0 Å². The molecule has 0 amide bonds. The van der Waals surface area contributed by atoms with Crippen molar-refractivity contribution in [2.75, 3.05) is 0 Å². The van der Waals surface area contributed by atoms with Crippen LogP contribution in [0.15, 0.2) is 12.1 Å². The molecule has 1 nitrogen and oxygen atoms in total. The van der Waals surface area contributed by atoms with E-state index in [0.717, 1.165) is 10.6 Å². The molecule has 0 heterocycles. The first-order chi connectivity index (χ1) is 7.18. The van der Waals surface area contributed by atoms with E-state index in [9.17, 15) is 5.11 Å². The summed E-state index contributed by atoms with van der Waals surface area (Å²) in [6, 6.07) is 3.43. The van der Waals surface area contributed by atoms with Crippen molar-refractivity contribution >= 4 is 11.6 Å². The van der Waals surface area contributed by atoms with E-state index in [2.05, 4.69) is 0 Å². The van der Waals surface area contributed by atoms with Gasteiger partial charge in [0.1, 0.15) is 5.75 Å². The molecule has 0 bridgehead atoms. The van der Waals surface area contributed by atoms with E-state index < -0.39 is 0 Å². The first kappa shape index (κ1) is 12.4. The molecule has 1 aliphatic rings. The third kappa shape index (κ3) is 2.66. The molecule has 15 heavy (non-hydrogen) atoms. The van der Waals surface area contributed by atoms with Gasteiger partial charge in [-0.25, -0.2) is 0 Å². The summed E-state index contributed by atoms with van der Waals surface area (Å²) in [6.45, 7) is 6.01. The third-order valence-electron chi connectivity index (χ3n) is 2.83. The van der Waals surface area contributed by atoms with Crippen LogP contribution in [0.4, 0.5) is 0 Å². The molecule has 0 unspecified atom stereocenters. The van der Waals surface area contributed by atoms with Gasteiger partial charge in [-0.2, -0.15) is 0 Å². The standard InChI is InChI=1S/C11H13ClO.C2H6/c1-7-5-9(13)6-10(12)11(7)8-3-2-4-8;1-2/h5-6,8,13H,2-4H2,1H3;1-2H3. The highest BCUT2D eigenvalue weighted by atomic mass is 35.5. The number of aromatic hydroxyl groups is 1. The Bertz CT molecular complexity index is 306. The lowest BCUT2D eigenvalue weighted by atomic mass is 9.78. The van der Waals surface area contributed by atoms with Gasteiger partial charge in [-0.1, -0.05) is 31.9 Å². The molecular formula is C13H19ClO. The summed E-state index contributed by atoms with van der Waals surface area (Å²) in [4.78, 5) is 0. The van der Waals surface area contributed by atoms with Crippen LogP contribution < -0.4 is 0 Å². The van der Waals surface area contributed by atoms with Gasteiger partial charge in [-0.15, -0.1) is 0 Å². The molecular weight excluding hydrogens is 208 g/mol. The highest BCUT2D eigenvalue weighted by Gasteiger charge is 2.23. The molecule has 1 aromatic rings. The third-order valence-corrected chi connectivity index (χ3v) is 3.15. The Morgan fingerprint density at radius 3 is 2.27 bits per heavy atom. The van der Waals surface area contributed by atoms with Crippen molar-refractivity contribution in [3.8, 4) is 5.75 Å². The number of hydrogen-bond acceptors (Lipinski definition) is 1. The van der Waals surface area contributed by atoms with Gasteiger partial charge in [0.15, 0.2) is 0 Å². The predicted octanol–water partition coefficient (Wildman–Crippen LogP) is 4.65. The second kappa shape index (κ2) is 5.41. The van der Waals surface area contributed by atoms with Crippen LogP contribution in [-0.4, -0.2) is 5.11 Å². The van der Waals surface area contributed by atoms with Crippen LogP contribution in [0.2, 0.25) is 5.02 Å². The number of hydrogen-bond donors (Lipinski definition) is 1. The van der Waals surface area contributed by atoms with E-state index in [-0.39, 0.29) is 5.75 Å². The second-order valence-electron chi connectivity index (χ2n) is 3.79. The predicted molar refractivity (Wildman–Crippen MR) is 65.8 cm³/mol. The monoisotopic (exact) mass is 226 g/mol. The number of benzene rings is 1. The lowest BCUT2D eigenvalue weighted by Gasteiger charge is -2.28. The summed E-state index contributed by atoms with van der Waals surface area (Å²) in [5.41, 5.74) is 2.36. The maximum atomic E-state index is 9.31. The highest BCUT2D eigenvalue weighted by molar-refractivity contribution is 6.31. The maximum absolute atomic E-state index is 9.31. The smallest absolute Gasteiger partial charge is 0.117 e. The van der Waals surface area contributed by atoms with Gasteiger partial charge in [-0.05, 0) is 48.9 Å². The molecule has 0 radical (unpaired) electrons. The van der Waals surface area contributed by atoms with E-state index in [0.29, 0.717) is 5.92 Å². The molecule has 0 atom stereocenters. The van der Waals surface area contributed by atoms with Gasteiger partial charge >= 0.3 is 0 Å². The van der Waals surface area contributed by atoms with Gasteiger partial charge in [0, 0.05) is 5.02 Å². The summed E-state index contributed by atoms with van der Waals surface area (Å²) >= 11 is 6.08. The van der Waals surface area contributed by atoms with Crippen molar-refractivity contribution in [3.05, 3.63) is 28.3 Å². The summed E-state index contributed by atoms with van der Waals surface area (Å²) in [7, 11) is 0. The van der Waals surface area contributed by atoms with Crippen molar-refractivity contribution in [1.29, 1.82) is 0 Å². The molecule has 84 valence electrons. The minimum atomic E-state index is 0.269. The Morgan fingerprint density at radius 2 is 1.87 bits per heavy atom. The fourth-order valence-electron chi connectivity index (χ4n) is 1.95. The van der Waals surface area contributed by atoms with E-state index in [1.807, 2.05) is 20.8 Å². The molecule has 1 aliphatic carbocycles. The Morgan fingerprint density at radius 1 is 1.27 bits per heavy atom. The Balaban J connectivity index is 0.000000531. The number of phenols is 1. The van der Waals surface area contributed by atoms with Crippen molar-refractivity contribution in [2.24, 2.45) is 0 Å². The quantitative estimate of drug-likeness (QED) is 0.739. The zero-order valence-electron chi connectivity index (χ0n) is 9.68. The summed E-state index contributed by atoms with van der Waals surface area (Å²) in [5, 5.41) is 10.0. The SMILES string of the molecule is CC.Cc1cc(O)cc(Cl)c1C1CCC1. The van der Waals surface area contributed by atoms with Crippen molar-refractivity contribution in [3.63, 3.8) is 0 Å². The lowest BCUT2D eigenvalue weighted by molar-refractivity contribution is 0.417. The average Bonchev–Trinajstić information content (AvgIpc) is 2.11. The van der Waals surface area contributed by atoms with E-state index in [1.165, 1.54) is 24.8 Å². The Labute approximate surface area is 97.1 Å². The van der Waals surface area contributed by atoms with Crippen LogP contribution >= 0.6 is 11.6 Å². The van der Waals surface area contributed by atoms with Crippen molar-refractivity contribution in [2.45, 2.75) is 46.0 Å². The van der Waals surface area contributed by atoms with Gasteiger partial charge in [0.2, 0.25) is 0 Å². The minimum absolute atomic E-state index is 0.269. The first-order valence-electron chi connectivity index (χ1n) is 5.67. The zero-order chi connectivity index (χ0) is 11.4. The van der Waals surface area contributed by atoms with Crippen molar-refractivity contribution < 1.29 is 5.11 Å². The molecule has 2 heteroatoms. The topological polar surface area (TPSA) is 20.2 Å². The minimum Gasteiger partial charge on any atom is -0.508 e. The number of rotatable bonds is 1. The van der Waals surface area contributed by atoms with Crippen molar-refractivity contribution in [1.82, 2.24) is 0 Å².